The largest absolute Gasteiger partial charge is 0.497 e. The number of benzene rings is 1. The highest BCUT2D eigenvalue weighted by Gasteiger charge is 2.62. The lowest BCUT2D eigenvalue weighted by atomic mass is 10.1. The van der Waals surface area contributed by atoms with Crippen LogP contribution in [0.15, 0.2) is 42.6 Å². The van der Waals surface area contributed by atoms with Gasteiger partial charge in [0.2, 0.25) is 27.7 Å². The van der Waals surface area contributed by atoms with Crippen LogP contribution in [0.3, 0.4) is 0 Å². The Bertz CT molecular complexity index is 1820. The van der Waals surface area contributed by atoms with Gasteiger partial charge >= 0.3 is 6.09 Å². The first-order valence-corrected chi connectivity index (χ1v) is 18.8. The number of carbonyl (C=O) groups is 4. The van der Waals surface area contributed by atoms with Crippen molar-refractivity contribution in [3.05, 3.63) is 42.6 Å². The van der Waals surface area contributed by atoms with Gasteiger partial charge in [0.05, 0.1) is 25.5 Å². The van der Waals surface area contributed by atoms with Gasteiger partial charge in [0.15, 0.2) is 0 Å². The van der Waals surface area contributed by atoms with Crippen LogP contribution < -0.4 is 24.8 Å². The summed E-state index contributed by atoms with van der Waals surface area (Å²) in [6.07, 6.45) is 5.26. The maximum absolute atomic E-state index is 14.3. The summed E-state index contributed by atoms with van der Waals surface area (Å²) in [5.41, 5.74) is -2.37. The molecule has 0 radical (unpaired) electrons. The number of aromatic nitrogens is 1. The third-order valence-electron chi connectivity index (χ3n) is 9.38. The normalized spacial score (nSPS) is 27.3. The third-order valence-corrected chi connectivity index (χ3v) is 11.2. The lowest BCUT2D eigenvalue weighted by Gasteiger charge is -2.30. The molecule has 16 heteroatoms. The average Bonchev–Trinajstić information content (AvgIpc) is 3.99. The van der Waals surface area contributed by atoms with Gasteiger partial charge < -0.3 is 34.5 Å². The van der Waals surface area contributed by atoms with Crippen LogP contribution in [0, 0.1) is 5.92 Å². The van der Waals surface area contributed by atoms with E-state index in [2.05, 4.69) is 20.3 Å². The van der Waals surface area contributed by atoms with Crippen molar-refractivity contribution in [3.8, 4) is 11.6 Å². The number of hydrogen-bond acceptors (Lipinski definition) is 11. The van der Waals surface area contributed by atoms with Gasteiger partial charge in [-0.2, -0.15) is 0 Å². The molecule has 51 heavy (non-hydrogen) atoms. The lowest BCUT2D eigenvalue weighted by molar-refractivity contribution is -0.141. The Morgan fingerprint density at radius 2 is 1.92 bits per heavy atom. The molecule has 1 unspecified atom stereocenters. The number of hydrogen-bond donors (Lipinski definition) is 3. The number of methoxy groups -OCH3 is 1. The van der Waals surface area contributed by atoms with E-state index in [1.165, 1.54) is 4.90 Å². The molecule has 276 valence electrons. The molecule has 5 atom stereocenters. The first-order chi connectivity index (χ1) is 24.2. The minimum absolute atomic E-state index is 0.0344. The molecule has 0 spiro atoms. The van der Waals surface area contributed by atoms with E-state index in [9.17, 15) is 27.6 Å². The van der Waals surface area contributed by atoms with Crippen molar-refractivity contribution in [2.75, 3.05) is 26.9 Å². The molecule has 2 aliphatic carbocycles. The van der Waals surface area contributed by atoms with Crippen LogP contribution >= 0.6 is 0 Å². The van der Waals surface area contributed by atoms with Crippen LogP contribution in [0.2, 0.25) is 0 Å². The van der Waals surface area contributed by atoms with Gasteiger partial charge in [0.1, 0.15) is 35.1 Å². The molecule has 1 aromatic heterocycles. The number of nitrogens with one attached hydrogen (secondary N) is 3. The predicted octanol–water partition coefficient (Wildman–Crippen LogP) is 2.33. The second kappa shape index (κ2) is 14.3. The van der Waals surface area contributed by atoms with Gasteiger partial charge in [-0.25, -0.2) is 18.2 Å². The lowest BCUT2D eigenvalue weighted by Crippen LogP contribution is -2.58. The Morgan fingerprint density at radius 3 is 2.65 bits per heavy atom. The van der Waals surface area contributed by atoms with Crippen molar-refractivity contribution in [1.82, 2.24) is 25.2 Å². The Labute approximate surface area is 296 Å². The smallest absolute Gasteiger partial charge is 0.408 e. The van der Waals surface area contributed by atoms with Crippen molar-refractivity contribution in [2.24, 2.45) is 5.92 Å². The topological polar surface area (TPSA) is 192 Å². The molecule has 1 saturated heterocycles. The number of sulfonamides is 1. The van der Waals surface area contributed by atoms with Crippen LogP contribution in [-0.2, 0) is 33.9 Å². The number of ether oxygens (including phenoxy) is 4. The van der Waals surface area contributed by atoms with Gasteiger partial charge in [0.25, 0.3) is 5.91 Å². The first kappa shape index (κ1) is 36.4. The second-order valence-electron chi connectivity index (χ2n) is 14.5. The molecule has 2 aliphatic heterocycles. The predicted molar refractivity (Wildman–Crippen MR) is 184 cm³/mol. The van der Waals surface area contributed by atoms with Gasteiger partial charge in [-0.05, 0) is 82.5 Å². The average molecular weight is 728 g/mol. The van der Waals surface area contributed by atoms with Crippen molar-refractivity contribution in [1.29, 1.82) is 0 Å². The monoisotopic (exact) mass is 727 g/mol. The molecule has 6 rings (SSSR count). The quantitative estimate of drug-likeness (QED) is 0.355. The summed E-state index contributed by atoms with van der Waals surface area (Å²) in [5.74, 6) is -1.57. The zero-order chi connectivity index (χ0) is 36.6. The zero-order valence-corrected chi connectivity index (χ0v) is 30.0. The number of alkyl carbamates (subject to hydrolysis) is 1. The fourth-order valence-electron chi connectivity index (χ4n) is 6.52. The summed E-state index contributed by atoms with van der Waals surface area (Å²) in [4.78, 5) is 60.9. The highest BCUT2D eigenvalue weighted by molar-refractivity contribution is 7.91. The van der Waals surface area contributed by atoms with Crippen LogP contribution in [0.1, 0.15) is 59.3 Å². The van der Waals surface area contributed by atoms with Crippen LogP contribution in [0.4, 0.5) is 4.79 Å². The van der Waals surface area contributed by atoms with E-state index >= 15 is 0 Å². The van der Waals surface area contributed by atoms with Gasteiger partial charge in [0, 0.05) is 30.5 Å². The Balaban J connectivity index is 1.30. The summed E-state index contributed by atoms with van der Waals surface area (Å²) >= 11 is 0. The van der Waals surface area contributed by atoms with Gasteiger partial charge in [-0.3, -0.25) is 19.1 Å². The number of nitrogens with zero attached hydrogens (tertiary/aromatic N) is 2. The molecular weight excluding hydrogens is 682 g/mol. The number of pyridine rings is 1. The van der Waals surface area contributed by atoms with E-state index in [1.807, 2.05) is 18.2 Å². The van der Waals surface area contributed by atoms with Crippen LogP contribution in [-0.4, -0.2) is 104 Å². The molecule has 2 saturated carbocycles. The molecule has 15 nitrogen and oxygen atoms in total. The molecule has 0 bridgehead atoms. The minimum atomic E-state index is -3.91. The van der Waals surface area contributed by atoms with Gasteiger partial charge in [-0.1, -0.05) is 12.2 Å². The first-order valence-electron chi connectivity index (χ1n) is 17.2. The molecule has 3 heterocycles. The van der Waals surface area contributed by atoms with Crippen molar-refractivity contribution in [3.63, 3.8) is 0 Å². The van der Waals surface area contributed by atoms with E-state index in [0.29, 0.717) is 36.3 Å². The molecule has 3 N–H and O–H groups in total. The van der Waals surface area contributed by atoms with E-state index in [1.54, 1.807) is 52.3 Å². The summed E-state index contributed by atoms with van der Waals surface area (Å²) in [7, 11) is -2.34. The van der Waals surface area contributed by atoms with Crippen molar-refractivity contribution in [2.45, 2.75) is 93.9 Å². The van der Waals surface area contributed by atoms with E-state index in [0.717, 1.165) is 5.39 Å². The highest BCUT2D eigenvalue weighted by Crippen LogP contribution is 2.46. The second-order valence-corrected chi connectivity index (χ2v) is 16.4. The van der Waals surface area contributed by atoms with Crippen molar-refractivity contribution >= 4 is 44.6 Å². The zero-order valence-electron chi connectivity index (χ0n) is 29.2. The maximum Gasteiger partial charge on any atom is 0.408 e. The Hall–Kier alpha value is -4.44. The van der Waals surface area contributed by atoms with Crippen LogP contribution in [0.5, 0.6) is 11.6 Å². The van der Waals surface area contributed by atoms with Crippen molar-refractivity contribution < 1.29 is 46.5 Å². The molecular formula is C35H45N5O10S. The number of rotatable bonds is 7. The molecule has 2 aromatic rings. The SMILES string of the molecule is COc1ccc2c(OC3C[C@H]4C(=O)N[C@]5(C(=O)NS(=O)(=O)C6CC6)C[C@H]5C=CCOCCC[C@H](NC(=O)OC(C)(C)C)C(=O)N4C3)nccc2c1. The Kier molecular flexibility index (Phi) is 10.2. The maximum atomic E-state index is 14.3. The van der Waals surface area contributed by atoms with Crippen LogP contribution in [0.25, 0.3) is 10.8 Å². The molecule has 3 fully saturated rings. The highest BCUT2D eigenvalue weighted by atomic mass is 32.2. The number of amides is 4. The van der Waals surface area contributed by atoms with E-state index in [-0.39, 0.29) is 39.0 Å². The summed E-state index contributed by atoms with van der Waals surface area (Å²) < 4.78 is 50.6. The minimum Gasteiger partial charge on any atom is -0.497 e. The van der Waals surface area contributed by atoms with Gasteiger partial charge in [-0.15, -0.1) is 0 Å². The van der Waals surface area contributed by atoms with E-state index < -0.39 is 74.3 Å². The number of fused-ring (bicyclic) bond motifs is 3. The molecule has 4 aliphatic rings. The fraction of sp³-hybridized carbons (Fsp3) is 0.571. The molecule has 4 amide bonds. The third kappa shape index (κ3) is 8.38. The number of carbonyl (C=O) groups excluding carboxylic acids is 4. The van der Waals surface area contributed by atoms with E-state index in [4.69, 9.17) is 18.9 Å². The standard InChI is InChI=1S/C35H45N5O10S/c1-34(2,3)50-33(44)37-27-8-6-16-48-15-5-7-22-19-35(22,32(43)39-51(45,46)25-10-11-25)38-29(41)28-18-24(20-40(28)31(27)42)49-30-26-12-9-23(47-4)17-21(26)13-14-36-30/h5,7,9,12-14,17,22,24-25,27-28H,6,8,10-11,15-16,18-20H2,1-4H3,(H,37,44)(H,38,41)(H,39,43)/t22-,24?,27+,28+,35-/m1/s1. The summed E-state index contributed by atoms with van der Waals surface area (Å²) in [5, 5.41) is 6.37. The summed E-state index contributed by atoms with van der Waals surface area (Å²) in [6, 6.07) is 5.03. The Morgan fingerprint density at radius 1 is 1.14 bits per heavy atom. The fourth-order valence-corrected chi connectivity index (χ4v) is 7.88. The summed E-state index contributed by atoms with van der Waals surface area (Å²) in [6.45, 7) is 5.55. The molecule has 1 aromatic carbocycles.